The maximum atomic E-state index is 5.78. The molecule has 0 aromatic heterocycles. The van der Waals surface area contributed by atoms with Crippen LogP contribution in [0.2, 0.25) is 0 Å². The Labute approximate surface area is 114 Å². The molecule has 0 aliphatic carbocycles. The van der Waals surface area contributed by atoms with Crippen LogP contribution >= 0.6 is 0 Å². The summed E-state index contributed by atoms with van der Waals surface area (Å²) in [5.41, 5.74) is 1.31. The maximum Gasteiger partial charge on any atom is 0.161 e. The quantitative estimate of drug-likeness (QED) is 0.837. The van der Waals surface area contributed by atoms with Gasteiger partial charge in [-0.05, 0) is 44.3 Å². The molecule has 0 bridgehead atoms. The summed E-state index contributed by atoms with van der Waals surface area (Å²) >= 11 is 0. The number of hydrogen-bond donors (Lipinski definition) is 1. The molecule has 0 amide bonds. The van der Waals surface area contributed by atoms with E-state index in [0.717, 1.165) is 50.8 Å². The lowest BCUT2D eigenvalue weighted by molar-refractivity contribution is 0.260. The van der Waals surface area contributed by atoms with E-state index >= 15 is 0 Å². The lowest BCUT2D eigenvalue weighted by Crippen LogP contribution is -2.29. The minimum Gasteiger partial charge on any atom is -0.490 e. The molecule has 1 N–H and O–H groups in total. The Hall–Kier alpha value is -1.26. The molecule has 19 heavy (non-hydrogen) atoms. The van der Waals surface area contributed by atoms with Gasteiger partial charge in [-0.1, -0.05) is 6.07 Å². The number of benzene rings is 1. The van der Waals surface area contributed by atoms with Crippen molar-refractivity contribution in [1.29, 1.82) is 0 Å². The first kappa shape index (κ1) is 12.8. The van der Waals surface area contributed by atoms with Gasteiger partial charge in [0.05, 0.1) is 13.2 Å². The number of hydrogen-bond acceptors (Lipinski definition) is 4. The van der Waals surface area contributed by atoms with E-state index < -0.39 is 0 Å². The van der Waals surface area contributed by atoms with Crippen LogP contribution in [0.4, 0.5) is 0 Å². The Morgan fingerprint density at radius 3 is 2.89 bits per heavy atom. The number of likely N-dealkylation sites (N-methyl/N-ethyl adjacent to an activating group) is 1. The Kier molecular flexibility index (Phi) is 3.89. The Morgan fingerprint density at radius 2 is 2.00 bits per heavy atom. The van der Waals surface area contributed by atoms with Crippen molar-refractivity contribution in [1.82, 2.24) is 10.2 Å². The van der Waals surface area contributed by atoms with Crippen molar-refractivity contribution in [2.45, 2.75) is 18.9 Å². The highest BCUT2D eigenvalue weighted by Gasteiger charge is 2.21. The first-order chi connectivity index (χ1) is 9.34. The standard InChI is InChI=1S/C15H22N2O2/c1-17-7-2-6-16-11-13(17)12-4-5-14-15(10-12)19-9-3-8-18-14/h4-5,10,13,16H,2-3,6-9,11H2,1H3. The highest BCUT2D eigenvalue weighted by atomic mass is 16.5. The van der Waals surface area contributed by atoms with Gasteiger partial charge in [0.2, 0.25) is 0 Å². The summed E-state index contributed by atoms with van der Waals surface area (Å²) in [6, 6.07) is 6.78. The van der Waals surface area contributed by atoms with Crippen molar-refractivity contribution >= 4 is 0 Å². The zero-order valence-corrected chi connectivity index (χ0v) is 11.5. The predicted octanol–water partition coefficient (Wildman–Crippen LogP) is 1.81. The summed E-state index contributed by atoms with van der Waals surface area (Å²) in [6.45, 7) is 4.72. The molecule has 1 aromatic carbocycles. The smallest absolute Gasteiger partial charge is 0.161 e. The zero-order valence-electron chi connectivity index (χ0n) is 11.5. The Morgan fingerprint density at radius 1 is 1.16 bits per heavy atom. The van der Waals surface area contributed by atoms with E-state index in [1.165, 1.54) is 12.0 Å². The fourth-order valence-corrected chi connectivity index (χ4v) is 2.76. The second kappa shape index (κ2) is 5.80. The second-order valence-corrected chi connectivity index (χ2v) is 5.31. The predicted molar refractivity (Wildman–Crippen MR) is 74.9 cm³/mol. The van der Waals surface area contributed by atoms with Gasteiger partial charge in [0.1, 0.15) is 0 Å². The molecule has 4 nitrogen and oxygen atoms in total. The molecule has 0 radical (unpaired) electrons. The number of ether oxygens (including phenoxy) is 2. The van der Waals surface area contributed by atoms with Crippen LogP contribution in [0, 0.1) is 0 Å². The summed E-state index contributed by atoms with van der Waals surface area (Å²) in [4.78, 5) is 2.42. The highest BCUT2D eigenvalue weighted by molar-refractivity contribution is 5.44. The number of fused-ring (bicyclic) bond motifs is 1. The van der Waals surface area contributed by atoms with Crippen LogP contribution in [-0.2, 0) is 0 Å². The van der Waals surface area contributed by atoms with E-state index in [9.17, 15) is 0 Å². The Bertz CT molecular complexity index is 436. The molecule has 2 heterocycles. The monoisotopic (exact) mass is 262 g/mol. The van der Waals surface area contributed by atoms with E-state index in [2.05, 4.69) is 35.5 Å². The van der Waals surface area contributed by atoms with Gasteiger partial charge in [-0.3, -0.25) is 4.90 Å². The number of nitrogens with one attached hydrogen (secondary N) is 1. The first-order valence-electron chi connectivity index (χ1n) is 7.15. The van der Waals surface area contributed by atoms with Crippen LogP contribution in [0.15, 0.2) is 18.2 Å². The average Bonchev–Trinajstić information content (AvgIpc) is 2.77. The molecule has 1 atom stereocenters. The maximum absolute atomic E-state index is 5.78. The molecule has 1 aromatic rings. The molecule has 3 rings (SSSR count). The lowest BCUT2D eigenvalue weighted by atomic mass is 10.0. The summed E-state index contributed by atoms with van der Waals surface area (Å²) < 4.78 is 11.5. The lowest BCUT2D eigenvalue weighted by Gasteiger charge is -2.26. The van der Waals surface area contributed by atoms with Gasteiger partial charge in [0.15, 0.2) is 11.5 Å². The van der Waals surface area contributed by atoms with E-state index in [-0.39, 0.29) is 0 Å². The SMILES string of the molecule is CN1CCCNCC1c1ccc2c(c1)OCCCO2. The number of rotatable bonds is 1. The minimum absolute atomic E-state index is 0.416. The summed E-state index contributed by atoms with van der Waals surface area (Å²) in [7, 11) is 2.20. The first-order valence-corrected chi connectivity index (χ1v) is 7.15. The average molecular weight is 262 g/mol. The minimum atomic E-state index is 0.416. The topological polar surface area (TPSA) is 33.7 Å². The molecule has 2 aliphatic heterocycles. The van der Waals surface area contributed by atoms with Crippen molar-refractivity contribution in [3.8, 4) is 11.5 Å². The molecule has 2 aliphatic rings. The van der Waals surface area contributed by atoms with Crippen molar-refractivity contribution in [2.24, 2.45) is 0 Å². The van der Waals surface area contributed by atoms with Crippen molar-refractivity contribution in [3.63, 3.8) is 0 Å². The molecule has 1 saturated heterocycles. The zero-order chi connectivity index (χ0) is 13.1. The van der Waals surface area contributed by atoms with Gasteiger partial charge < -0.3 is 14.8 Å². The summed E-state index contributed by atoms with van der Waals surface area (Å²) in [5.74, 6) is 1.78. The van der Waals surface area contributed by atoms with E-state index in [1.807, 2.05) is 0 Å². The molecular weight excluding hydrogens is 240 g/mol. The molecule has 0 spiro atoms. The molecule has 4 heteroatoms. The van der Waals surface area contributed by atoms with Gasteiger partial charge >= 0.3 is 0 Å². The number of nitrogens with zero attached hydrogens (tertiary/aromatic N) is 1. The third kappa shape index (κ3) is 2.85. The molecule has 1 unspecified atom stereocenters. The van der Waals surface area contributed by atoms with Crippen LogP contribution in [0.5, 0.6) is 11.5 Å². The third-order valence-corrected chi connectivity index (χ3v) is 3.89. The van der Waals surface area contributed by atoms with Gasteiger partial charge in [-0.15, -0.1) is 0 Å². The molecule has 104 valence electrons. The van der Waals surface area contributed by atoms with Crippen molar-refractivity contribution in [2.75, 3.05) is 39.9 Å². The molecule has 1 fully saturated rings. The van der Waals surface area contributed by atoms with Crippen LogP contribution < -0.4 is 14.8 Å². The van der Waals surface area contributed by atoms with Crippen molar-refractivity contribution in [3.05, 3.63) is 23.8 Å². The van der Waals surface area contributed by atoms with Crippen LogP contribution in [0.3, 0.4) is 0 Å². The van der Waals surface area contributed by atoms with Gasteiger partial charge in [-0.2, -0.15) is 0 Å². The fraction of sp³-hybridized carbons (Fsp3) is 0.600. The van der Waals surface area contributed by atoms with Gasteiger partial charge in [-0.25, -0.2) is 0 Å². The van der Waals surface area contributed by atoms with E-state index in [0.29, 0.717) is 6.04 Å². The highest BCUT2D eigenvalue weighted by Crippen LogP contribution is 2.33. The van der Waals surface area contributed by atoms with Crippen LogP contribution in [0.25, 0.3) is 0 Å². The van der Waals surface area contributed by atoms with Crippen LogP contribution in [0.1, 0.15) is 24.4 Å². The fourth-order valence-electron chi connectivity index (χ4n) is 2.76. The van der Waals surface area contributed by atoms with Gasteiger partial charge in [0.25, 0.3) is 0 Å². The molecular formula is C15H22N2O2. The van der Waals surface area contributed by atoms with E-state index in [4.69, 9.17) is 9.47 Å². The van der Waals surface area contributed by atoms with Crippen molar-refractivity contribution < 1.29 is 9.47 Å². The summed E-state index contributed by atoms with van der Waals surface area (Å²) in [6.07, 6.45) is 2.16. The summed E-state index contributed by atoms with van der Waals surface area (Å²) in [5, 5.41) is 3.50. The largest absolute Gasteiger partial charge is 0.490 e. The Balaban J connectivity index is 1.85. The molecule has 0 saturated carbocycles. The normalized spacial score (nSPS) is 24.6. The third-order valence-electron chi connectivity index (χ3n) is 3.89. The van der Waals surface area contributed by atoms with E-state index in [1.54, 1.807) is 0 Å². The second-order valence-electron chi connectivity index (χ2n) is 5.31. The van der Waals surface area contributed by atoms with Crippen LogP contribution in [-0.4, -0.2) is 44.8 Å². The van der Waals surface area contributed by atoms with Gasteiger partial charge in [0, 0.05) is 19.0 Å².